The zero-order chi connectivity index (χ0) is 13.8. The molecular formula is C15H23N3O. The van der Waals surface area contributed by atoms with Crippen LogP contribution in [0.3, 0.4) is 0 Å². The fraction of sp³-hybridized carbons (Fsp3) is 0.533. The van der Waals surface area contributed by atoms with E-state index in [2.05, 4.69) is 18.9 Å². The van der Waals surface area contributed by atoms with E-state index >= 15 is 0 Å². The summed E-state index contributed by atoms with van der Waals surface area (Å²) < 4.78 is 0. The summed E-state index contributed by atoms with van der Waals surface area (Å²) in [7, 11) is 2.11. The summed E-state index contributed by atoms with van der Waals surface area (Å²) in [6, 6.07) is 8.43. The number of rotatable bonds is 3. The number of piperazine rings is 1. The van der Waals surface area contributed by atoms with Crippen molar-refractivity contribution >= 4 is 5.91 Å². The molecule has 1 aromatic rings. The third-order valence-corrected chi connectivity index (χ3v) is 3.93. The first kappa shape index (κ1) is 14.0. The average Bonchev–Trinajstić information content (AvgIpc) is 2.42. The average molecular weight is 261 g/mol. The topological polar surface area (TPSA) is 49.6 Å². The third kappa shape index (κ3) is 3.55. The van der Waals surface area contributed by atoms with Crippen molar-refractivity contribution in [3.8, 4) is 0 Å². The van der Waals surface area contributed by atoms with E-state index in [4.69, 9.17) is 5.73 Å². The van der Waals surface area contributed by atoms with Crippen molar-refractivity contribution in [1.82, 2.24) is 9.80 Å². The molecule has 2 N–H and O–H groups in total. The molecule has 4 nitrogen and oxygen atoms in total. The molecule has 1 unspecified atom stereocenters. The number of likely N-dealkylation sites (N-methyl/N-ethyl adjacent to an activating group) is 1. The van der Waals surface area contributed by atoms with Crippen LogP contribution in [0.2, 0.25) is 0 Å². The van der Waals surface area contributed by atoms with Crippen molar-refractivity contribution in [2.45, 2.75) is 25.9 Å². The van der Waals surface area contributed by atoms with Gasteiger partial charge in [0.25, 0.3) is 0 Å². The molecule has 0 saturated carbocycles. The van der Waals surface area contributed by atoms with Gasteiger partial charge in [0.2, 0.25) is 5.91 Å². The van der Waals surface area contributed by atoms with E-state index in [1.807, 2.05) is 29.2 Å². The van der Waals surface area contributed by atoms with Crippen LogP contribution in [0.25, 0.3) is 0 Å². The van der Waals surface area contributed by atoms with Crippen LogP contribution in [0.1, 0.15) is 18.1 Å². The summed E-state index contributed by atoms with van der Waals surface area (Å²) in [6.07, 6.45) is 0.487. The van der Waals surface area contributed by atoms with Gasteiger partial charge in [-0.25, -0.2) is 0 Å². The normalized spacial score (nSPS) is 20.6. The minimum Gasteiger partial charge on any atom is -0.340 e. The molecule has 0 aliphatic carbocycles. The number of carbonyl (C=O) groups is 1. The van der Waals surface area contributed by atoms with Crippen LogP contribution in [-0.2, 0) is 17.8 Å². The van der Waals surface area contributed by atoms with Crippen molar-refractivity contribution < 1.29 is 4.79 Å². The van der Waals surface area contributed by atoms with Gasteiger partial charge < -0.3 is 15.5 Å². The zero-order valence-corrected chi connectivity index (χ0v) is 11.8. The molecule has 1 fully saturated rings. The number of nitrogens with two attached hydrogens (primary N) is 1. The van der Waals surface area contributed by atoms with E-state index in [1.54, 1.807) is 0 Å². The largest absolute Gasteiger partial charge is 0.340 e. The molecule has 19 heavy (non-hydrogen) atoms. The zero-order valence-electron chi connectivity index (χ0n) is 11.8. The molecular weight excluding hydrogens is 238 g/mol. The van der Waals surface area contributed by atoms with Crippen LogP contribution >= 0.6 is 0 Å². The minimum atomic E-state index is 0.223. The Morgan fingerprint density at radius 3 is 2.47 bits per heavy atom. The highest BCUT2D eigenvalue weighted by Crippen LogP contribution is 2.11. The van der Waals surface area contributed by atoms with Crippen molar-refractivity contribution in [3.05, 3.63) is 35.4 Å². The van der Waals surface area contributed by atoms with Gasteiger partial charge in [0.1, 0.15) is 0 Å². The number of nitrogens with zero attached hydrogens (tertiary/aromatic N) is 2. The maximum Gasteiger partial charge on any atom is 0.227 e. The number of amides is 1. The van der Waals surface area contributed by atoms with Gasteiger partial charge >= 0.3 is 0 Å². The van der Waals surface area contributed by atoms with Gasteiger partial charge in [-0.1, -0.05) is 24.3 Å². The van der Waals surface area contributed by atoms with Crippen LogP contribution in [0.4, 0.5) is 0 Å². The molecule has 1 aliphatic heterocycles. The number of benzene rings is 1. The second-order valence-corrected chi connectivity index (χ2v) is 5.37. The van der Waals surface area contributed by atoms with Crippen LogP contribution in [0, 0.1) is 0 Å². The van der Waals surface area contributed by atoms with E-state index in [0.29, 0.717) is 19.0 Å². The predicted octanol–water partition coefficient (Wildman–Crippen LogP) is 0.850. The van der Waals surface area contributed by atoms with Gasteiger partial charge in [-0.2, -0.15) is 0 Å². The second-order valence-electron chi connectivity index (χ2n) is 5.37. The van der Waals surface area contributed by atoms with Gasteiger partial charge in [-0.3, -0.25) is 4.79 Å². The summed E-state index contributed by atoms with van der Waals surface area (Å²) in [5, 5.41) is 0. The first-order valence-corrected chi connectivity index (χ1v) is 6.86. The van der Waals surface area contributed by atoms with Crippen molar-refractivity contribution in [1.29, 1.82) is 0 Å². The number of hydrogen-bond donors (Lipinski definition) is 1. The summed E-state index contributed by atoms with van der Waals surface area (Å²) in [6.45, 7) is 5.33. The predicted molar refractivity (Wildman–Crippen MR) is 76.7 cm³/mol. The smallest absolute Gasteiger partial charge is 0.227 e. The fourth-order valence-corrected chi connectivity index (χ4v) is 2.35. The lowest BCUT2D eigenvalue weighted by Crippen LogP contribution is -2.52. The summed E-state index contributed by atoms with van der Waals surface area (Å²) >= 11 is 0. The third-order valence-electron chi connectivity index (χ3n) is 3.93. The van der Waals surface area contributed by atoms with E-state index in [0.717, 1.165) is 30.8 Å². The van der Waals surface area contributed by atoms with E-state index in [-0.39, 0.29) is 5.91 Å². The summed E-state index contributed by atoms with van der Waals surface area (Å²) in [4.78, 5) is 16.5. The highest BCUT2D eigenvalue weighted by atomic mass is 16.2. The Hall–Kier alpha value is -1.39. The Kier molecular flexibility index (Phi) is 4.56. The summed E-state index contributed by atoms with van der Waals surface area (Å²) in [5.41, 5.74) is 7.73. The highest BCUT2D eigenvalue weighted by molar-refractivity contribution is 5.79. The Balaban J connectivity index is 1.93. The molecule has 0 spiro atoms. The number of hydrogen-bond acceptors (Lipinski definition) is 3. The molecule has 1 atom stereocenters. The standard InChI is InChI=1S/C15H23N3O/c1-12-11-18(8-7-17(12)2)15(19)9-13-3-5-14(10-16)6-4-13/h3-6,12H,7-11,16H2,1-2H3. The SMILES string of the molecule is CC1CN(C(=O)Cc2ccc(CN)cc2)CCN1C. The number of carbonyl (C=O) groups excluding carboxylic acids is 1. The lowest BCUT2D eigenvalue weighted by atomic mass is 10.1. The van der Waals surface area contributed by atoms with Gasteiger partial charge in [-0.15, -0.1) is 0 Å². The lowest BCUT2D eigenvalue weighted by Gasteiger charge is -2.37. The summed E-state index contributed by atoms with van der Waals surface area (Å²) in [5.74, 6) is 0.223. The molecule has 104 valence electrons. The first-order valence-electron chi connectivity index (χ1n) is 6.86. The van der Waals surface area contributed by atoms with Gasteiger partial charge in [-0.05, 0) is 25.1 Å². The Labute approximate surface area is 115 Å². The Morgan fingerprint density at radius 1 is 1.26 bits per heavy atom. The molecule has 1 saturated heterocycles. The lowest BCUT2D eigenvalue weighted by molar-refractivity contribution is -0.133. The van der Waals surface area contributed by atoms with Crippen molar-refractivity contribution in [2.24, 2.45) is 5.73 Å². The second kappa shape index (κ2) is 6.17. The van der Waals surface area contributed by atoms with Gasteiger partial charge in [0, 0.05) is 32.2 Å². The van der Waals surface area contributed by atoms with Gasteiger partial charge in [0.05, 0.1) is 6.42 Å². The van der Waals surface area contributed by atoms with Crippen LogP contribution in [0.15, 0.2) is 24.3 Å². The highest BCUT2D eigenvalue weighted by Gasteiger charge is 2.23. The van der Waals surface area contributed by atoms with Crippen LogP contribution in [-0.4, -0.2) is 48.4 Å². The molecule has 2 rings (SSSR count). The molecule has 1 amide bonds. The molecule has 1 heterocycles. The maximum atomic E-state index is 12.3. The molecule has 1 aromatic carbocycles. The Bertz CT molecular complexity index is 430. The van der Waals surface area contributed by atoms with Crippen LogP contribution < -0.4 is 5.73 Å². The molecule has 1 aliphatic rings. The molecule has 0 radical (unpaired) electrons. The Morgan fingerprint density at radius 2 is 1.89 bits per heavy atom. The molecule has 4 heteroatoms. The molecule has 0 bridgehead atoms. The van der Waals surface area contributed by atoms with Gasteiger partial charge in [0.15, 0.2) is 0 Å². The first-order chi connectivity index (χ1) is 9.10. The fourth-order valence-electron chi connectivity index (χ4n) is 2.35. The van der Waals surface area contributed by atoms with Crippen molar-refractivity contribution in [3.63, 3.8) is 0 Å². The van der Waals surface area contributed by atoms with Crippen molar-refractivity contribution in [2.75, 3.05) is 26.7 Å². The quantitative estimate of drug-likeness (QED) is 0.877. The molecule has 0 aromatic heterocycles. The van der Waals surface area contributed by atoms with E-state index in [1.165, 1.54) is 0 Å². The monoisotopic (exact) mass is 261 g/mol. The van der Waals surface area contributed by atoms with E-state index < -0.39 is 0 Å². The minimum absolute atomic E-state index is 0.223. The van der Waals surface area contributed by atoms with E-state index in [9.17, 15) is 4.79 Å². The maximum absolute atomic E-state index is 12.3. The van der Waals surface area contributed by atoms with Crippen LogP contribution in [0.5, 0.6) is 0 Å².